The van der Waals surface area contributed by atoms with Crippen LogP contribution in [0.4, 0.5) is 4.39 Å². The summed E-state index contributed by atoms with van der Waals surface area (Å²) in [4.78, 5) is 13.5. The molecule has 2 N–H and O–H groups in total. The molecule has 25 heavy (non-hydrogen) atoms. The molecule has 0 radical (unpaired) electrons. The van der Waals surface area contributed by atoms with Gasteiger partial charge in [-0.3, -0.25) is 4.79 Å². The number of rotatable bonds is 5. The Kier molecular flexibility index (Phi) is 5.81. The Hall–Kier alpha value is -1.97. The second-order valence-corrected chi connectivity index (χ2v) is 7.65. The Morgan fingerprint density at radius 2 is 2.00 bits per heavy atom. The molecule has 0 bridgehead atoms. The molecule has 0 aliphatic carbocycles. The van der Waals surface area contributed by atoms with E-state index in [4.69, 9.17) is 9.88 Å². The van der Waals surface area contributed by atoms with Gasteiger partial charge in [-0.2, -0.15) is 0 Å². The lowest BCUT2D eigenvalue weighted by atomic mass is 10.1. The molecule has 2 rings (SSSR count). The Labute approximate surface area is 153 Å². The van der Waals surface area contributed by atoms with Crippen LogP contribution in [-0.4, -0.2) is 33.4 Å². The highest BCUT2D eigenvalue weighted by Crippen LogP contribution is 2.28. The highest BCUT2D eigenvalue weighted by Gasteiger charge is 2.23. The number of sulfonamides is 1. The molecule has 2 aromatic rings. The van der Waals surface area contributed by atoms with Crippen molar-refractivity contribution in [3.05, 3.63) is 57.8 Å². The second-order valence-electron chi connectivity index (χ2n) is 5.32. The topological polar surface area (TPSA) is 89.7 Å². The third-order valence-corrected chi connectivity index (χ3v) is 5.49. The zero-order valence-corrected chi connectivity index (χ0v) is 15.9. The van der Waals surface area contributed by atoms with Crippen LogP contribution in [0.25, 0.3) is 0 Å². The second kappa shape index (κ2) is 7.51. The number of nitrogens with two attached hydrogens (primary N) is 1. The molecule has 0 fully saturated rings. The molecule has 0 saturated carbocycles. The third kappa shape index (κ3) is 4.56. The fourth-order valence-corrected chi connectivity index (χ4v) is 3.96. The molecule has 0 aliphatic heterocycles. The summed E-state index contributed by atoms with van der Waals surface area (Å²) in [7, 11) is -1.12. The van der Waals surface area contributed by atoms with E-state index >= 15 is 0 Å². The van der Waals surface area contributed by atoms with Gasteiger partial charge in [0.2, 0.25) is 10.0 Å². The van der Waals surface area contributed by atoms with Crippen LogP contribution in [-0.2, 0) is 16.6 Å². The molecule has 0 aliphatic rings. The van der Waals surface area contributed by atoms with Crippen molar-refractivity contribution < 1.29 is 22.3 Å². The summed E-state index contributed by atoms with van der Waals surface area (Å²) < 4.78 is 41.9. The lowest BCUT2D eigenvalue weighted by Crippen LogP contribution is -2.27. The summed E-state index contributed by atoms with van der Waals surface area (Å²) in [6.07, 6.45) is 0. The van der Waals surface area contributed by atoms with E-state index in [9.17, 15) is 17.6 Å². The molecule has 0 heterocycles. The van der Waals surface area contributed by atoms with Gasteiger partial charge in [0.1, 0.15) is 11.6 Å². The van der Waals surface area contributed by atoms with Gasteiger partial charge in [-0.25, -0.2) is 17.9 Å². The van der Waals surface area contributed by atoms with E-state index in [0.29, 0.717) is 5.75 Å². The predicted molar refractivity (Wildman–Crippen MR) is 94.3 cm³/mol. The zero-order valence-electron chi connectivity index (χ0n) is 13.5. The Bertz CT molecular complexity index is 918. The molecule has 134 valence electrons. The van der Waals surface area contributed by atoms with Gasteiger partial charge in [-0.05, 0) is 45.8 Å². The molecule has 0 atom stereocenters. The summed E-state index contributed by atoms with van der Waals surface area (Å²) in [6, 6.07) is 8.85. The van der Waals surface area contributed by atoms with Gasteiger partial charge in [0.05, 0.1) is 22.0 Å². The first kappa shape index (κ1) is 19.4. The van der Waals surface area contributed by atoms with Crippen LogP contribution in [0.15, 0.2) is 45.8 Å². The maximum Gasteiger partial charge on any atom is 0.255 e. The summed E-state index contributed by atoms with van der Waals surface area (Å²) in [6.45, 7) is 0.226. The van der Waals surface area contributed by atoms with Gasteiger partial charge < -0.3 is 9.64 Å². The Balaban J connectivity index is 2.35. The number of methoxy groups -OCH3 is 1. The number of nitrogens with zero attached hydrogens (tertiary/aromatic N) is 1. The fraction of sp³-hybridized carbons (Fsp3) is 0.188. The van der Waals surface area contributed by atoms with E-state index in [0.717, 1.165) is 17.7 Å². The quantitative estimate of drug-likeness (QED) is 0.788. The number of halogens is 2. The maximum atomic E-state index is 13.8. The van der Waals surface area contributed by atoms with Gasteiger partial charge >= 0.3 is 0 Å². The van der Waals surface area contributed by atoms with Crippen LogP contribution in [0.5, 0.6) is 5.75 Å². The van der Waals surface area contributed by atoms with E-state index in [-0.39, 0.29) is 16.6 Å². The van der Waals surface area contributed by atoms with Crippen LogP contribution in [0.1, 0.15) is 15.9 Å². The molecule has 0 aromatic heterocycles. The number of hydrogen-bond donors (Lipinski definition) is 1. The predicted octanol–water partition coefficient (Wildman–Crippen LogP) is 2.52. The van der Waals surface area contributed by atoms with Crippen LogP contribution in [0, 0.1) is 5.82 Å². The van der Waals surface area contributed by atoms with Gasteiger partial charge in [0.15, 0.2) is 0 Å². The fourth-order valence-electron chi connectivity index (χ4n) is 2.25. The van der Waals surface area contributed by atoms with Crippen molar-refractivity contribution in [2.24, 2.45) is 5.14 Å². The normalized spacial score (nSPS) is 11.2. The summed E-state index contributed by atoms with van der Waals surface area (Å²) in [5.74, 6) is -0.786. The minimum Gasteiger partial charge on any atom is -0.497 e. The minimum atomic E-state index is -4.18. The Morgan fingerprint density at radius 1 is 1.32 bits per heavy atom. The molecule has 6 nitrogen and oxygen atoms in total. The Morgan fingerprint density at radius 3 is 2.60 bits per heavy atom. The average Bonchev–Trinajstić information content (AvgIpc) is 2.55. The third-order valence-electron chi connectivity index (χ3n) is 3.44. The monoisotopic (exact) mass is 430 g/mol. The summed E-state index contributed by atoms with van der Waals surface area (Å²) >= 11 is 3.04. The lowest BCUT2D eigenvalue weighted by Gasteiger charge is -2.19. The van der Waals surface area contributed by atoms with Crippen LogP contribution in [0.3, 0.4) is 0 Å². The van der Waals surface area contributed by atoms with Crippen molar-refractivity contribution >= 4 is 31.9 Å². The maximum absolute atomic E-state index is 13.8. The van der Waals surface area contributed by atoms with E-state index in [1.807, 2.05) is 6.07 Å². The zero-order chi connectivity index (χ0) is 18.8. The van der Waals surface area contributed by atoms with Crippen molar-refractivity contribution in [2.75, 3.05) is 14.2 Å². The molecular weight excluding hydrogens is 415 g/mol. The van der Waals surface area contributed by atoms with Crippen LogP contribution < -0.4 is 9.88 Å². The number of amides is 1. The van der Waals surface area contributed by atoms with Crippen molar-refractivity contribution in [3.63, 3.8) is 0 Å². The first-order valence-electron chi connectivity index (χ1n) is 7.03. The van der Waals surface area contributed by atoms with Crippen molar-refractivity contribution in [1.82, 2.24) is 4.90 Å². The first-order valence-corrected chi connectivity index (χ1v) is 9.37. The van der Waals surface area contributed by atoms with Gasteiger partial charge in [-0.15, -0.1) is 0 Å². The van der Waals surface area contributed by atoms with Crippen molar-refractivity contribution in [3.8, 4) is 5.75 Å². The number of ether oxygens (including phenoxy) is 1. The molecule has 0 spiro atoms. The summed E-state index contributed by atoms with van der Waals surface area (Å²) in [5, 5.41) is 5.06. The number of primary sulfonamides is 1. The van der Waals surface area contributed by atoms with Gasteiger partial charge in [-0.1, -0.05) is 12.1 Å². The standard InChI is InChI=1S/C16H16BrFN2O4S/c1-20(9-10-4-3-5-12(6-10)24-2)16(21)13-7-11(18)8-14(15(13)17)25(19,22)23/h3-8H,9H2,1-2H3,(H2,19,22,23). The van der Waals surface area contributed by atoms with Gasteiger partial charge in [0.25, 0.3) is 5.91 Å². The minimum absolute atomic E-state index is 0.0705. The largest absolute Gasteiger partial charge is 0.497 e. The van der Waals surface area contributed by atoms with Crippen LogP contribution >= 0.6 is 15.9 Å². The molecule has 1 amide bonds. The van der Waals surface area contributed by atoms with E-state index < -0.39 is 26.6 Å². The van der Waals surface area contributed by atoms with Crippen molar-refractivity contribution in [2.45, 2.75) is 11.4 Å². The van der Waals surface area contributed by atoms with Gasteiger partial charge in [0, 0.05) is 13.6 Å². The van der Waals surface area contributed by atoms with E-state index in [2.05, 4.69) is 15.9 Å². The number of carbonyl (C=O) groups excluding carboxylic acids is 1. The first-order chi connectivity index (χ1) is 11.6. The molecule has 0 unspecified atom stereocenters. The average molecular weight is 431 g/mol. The smallest absolute Gasteiger partial charge is 0.255 e. The molecular formula is C16H16BrFN2O4S. The van der Waals surface area contributed by atoms with Crippen molar-refractivity contribution in [1.29, 1.82) is 0 Å². The SMILES string of the molecule is COc1cccc(CN(C)C(=O)c2cc(F)cc(S(N)(=O)=O)c2Br)c1. The van der Waals surface area contributed by atoms with E-state index in [1.54, 1.807) is 18.2 Å². The lowest BCUT2D eigenvalue weighted by molar-refractivity contribution is 0.0783. The van der Waals surface area contributed by atoms with E-state index in [1.165, 1.54) is 19.1 Å². The summed E-state index contributed by atoms with van der Waals surface area (Å²) in [5.41, 5.74) is 0.670. The number of hydrogen-bond acceptors (Lipinski definition) is 4. The number of carbonyl (C=O) groups is 1. The molecule has 9 heteroatoms. The highest BCUT2D eigenvalue weighted by atomic mass is 79.9. The van der Waals surface area contributed by atoms with Crippen LogP contribution in [0.2, 0.25) is 0 Å². The highest BCUT2D eigenvalue weighted by molar-refractivity contribution is 9.10. The number of benzene rings is 2. The molecule has 0 saturated heterocycles. The molecule has 2 aromatic carbocycles.